The van der Waals surface area contributed by atoms with E-state index in [2.05, 4.69) is 6.92 Å². The van der Waals surface area contributed by atoms with Crippen LogP contribution in [0.5, 0.6) is 0 Å². The zero-order valence-electron chi connectivity index (χ0n) is 10.5. The van der Waals surface area contributed by atoms with Crippen LogP contribution < -0.4 is 0 Å². The summed E-state index contributed by atoms with van der Waals surface area (Å²) in [7, 11) is 0. The number of hydrogen-bond donors (Lipinski definition) is 0. The van der Waals surface area contributed by atoms with E-state index in [4.69, 9.17) is 4.42 Å². The van der Waals surface area contributed by atoms with Gasteiger partial charge in [-0.1, -0.05) is 38.3 Å². The molecule has 0 spiro atoms. The minimum atomic E-state index is -0.419. The van der Waals surface area contributed by atoms with Gasteiger partial charge in [0.2, 0.25) is 0 Å². The largest absolute Gasteiger partial charge is 0.450 e. The van der Waals surface area contributed by atoms with E-state index >= 15 is 0 Å². The number of hydrogen-bond acceptors (Lipinski definition) is 2. The Balaban J connectivity index is 2.06. The number of benzene rings is 1. The van der Waals surface area contributed by atoms with Crippen LogP contribution in [-0.2, 0) is 0 Å². The van der Waals surface area contributed by atoms with Crippen LogP contribution in [0.1, 0.15) is 49.6 Å². The van der Waals surface area contributed by atoms with Gasteiger partial charge >= 0.3 is 0 Å². The lowest BCUT2D eigenvalue weighted by Gasteiger charge is -1.97. The number of carbonyl (C=O) groups excluding carboxylic acids is 1. The molecule has 0 aliphatic heterocycles. The number of furan rings is 1. The highest BCUT2D eigenvalue weighted by molar-refractivity contribution is 5.97. The van der Waals surface area contributed by atoms with Crippen LogP contribution >= 0.6 is 0 Å². The minimum Gasteiger partial charge on any atom is -0.450 e. The summed E-state index contributed by atoms with van der Waals surface area (Å²) in [6.45, 7) is 2.13. The number of Topliss-reactive ketones (excluding diaryl/α,β-unsaturated/α-hetero) is 1. The Labute approximate surface area is 106 Å². The number of rotatable bonds is 6. The van der Waals surface area contributed by atoms with Gasteiger partial charge in [-0.2, -0.15) is 0 Å². The second-order valence-electron chi connectivity index (χ2n) is 4.50. The maximum Gasteiger partial charge on any atom is 0.198 e. The third kappa shape index (κ3) is 2.78. The standard InChI is InChI=1S/C15H17FO2/c1-2-3-4-5-9-13(17)14-10-11-7-6-8-12(16)15(11)18-14/h6-8,10H,2-5,9H2,1H3. The van der Waals surface area contributed by atoms with Crippen LogP contribution in [0.15, 0.2) is 28.7 Å². The first-order chi connectivity index (χ1) is 8.72. The van der Waals surface area contributed by atoms with Crippen LogP contribution in [0.3, 0.4) is 0 Å². The van der Waals surface area contributed by atoms with E-state index in [-0.39, 0.29) is 17.1 Å². The third-order valence-electron chi connectivity index (χ3n) is 3.03. The quantitative estimate of drug-likeness (QED) is 0.546. The molecule has 0 atom stereocenters. The summed E-state index contributed by atoms with van der Waals surface area (Å²) >= 11 is 0. The zero-order valence-corrected chi connectivity index (χ0v) is 10.5. The van der Waals surface area contributed by atoms with Crippen LogP contribution in [-0.4, -0.2) is 5.78 Å². The molecule has 2 rings (SSSR count). The molecule has 1 aromatic heterocycles. The van der Waals surface area contributed by atoms with E-state index in [0.717, 1.165) is 25.7 Å². The van der Waals surface area contributed by atoms with E-state index in [9.17, 15) is 9.18 Å². The van der Waals surface area contributed by atoms with Crippen LogP contribution in [0.2, 0.25) is 0 Å². The first-order valence-electron chi connectivity index (χ1n) is 6.43. The molecule has 0 aliphatic rings. The van der Waals surface area contributed by atoms with Gasteiger partial charge in [0.05, 0.1) is 0 Å². The minimum absolute atomic E-state index is 0.0401. The molecule has 3 heteroatoms. The van der Waals surface area contributed by atoms with Crippen molar-refractivity contribution in [1.29, 1.82) is 0 Å². The highest BCUT2D eigenvalue weighted by atomic mass is 19.1. The first-order valence-corrected chi connectivity index (χ1v) is 6.43. The Morgan fingerprint density at radius 1 is 1.28 bits per heavy atom. The topological polar surface area (TPSA) is 30.2 Å². The van der Waals surface area contributed by atoms with Crippen molar-refractivity contribution in [1.82, 2.24) is 0 Å². The molecule has 0 N–H and O–H groups in total. The summed E-state index contributed by atoms with van der Waals surface area (Å²) in [4.78, 5) is 11.9. The fourth-order valence-corrected chi connectivity index (χ4v) is 2.00. The molecule has 0 saturated carbocycles. The number of unbranched alkanes of at least 4 members (excludes halogenated alkanes) is 3. The first kappa shape index (κ1) is 12.8. The molecule has 96 valence electrons. The van der Waals surface area contributed by atoms with Gasteiger partial charge in [0.1, 0.15) is 0 Å². The molecule has 0 aliphatic carbocycles. The van der Waals surface area contributed by atoms with Crippen molar-refractivity contribution < 1.29 is 13.6 Å². The summed E-state index contributed by atoms with van der Waals surface area (Å²) in [5.41, 5.74) is 0.175. The van der Waals surface area contributed by atoms with Gasteiger partial charge in [-0.05, 0) is 18.6 Å². The monoisotopic (exact) mass is 248 g/mol. The van der Waals surface area contributed by atoms with Crippen molar-refractivity contribution in [3.05, 3.63) is 35.8 Å². The van der Waals surface area contributed by atoms with Gasteiger partial charge in [0, 0.05) is 11.8 Å². The van der Waals surface area contributed by atoms with Crippen molar-refractivity contribution in [2.45, 2.75) is 39.0 Å². The van der Waals surface area contributed by atoms with Gasteiger partial charge in [-0.3, -0.25) is 4.79 Å². The Bertz CT molecular complexity index is 542. The van der Waals surface area contributed by atoms with Crippen LogP contribution in [0.25, 0.3) is 11.0 Å². The van der Waals surface area contributed by atoms with Gasteiger partial charge in [-0.15, -0.1) is 0 Å². The molecule has 0 bridgehead atoms. The SMILES string of the molecule is CCCCCCC(=O)c1cc2cccc(F)c2o1. The van der Waals surface area contributed by atoms with Crippen molar-refractivity contribution in [3.8, 4) is 0 Å². The van der Waals surface area contributed by atoms with Gasteiger partial charge in [0.25, 0.3) is 0 Å². The number of ketones is 1. The fourth-order valence-electron chi connectivity index (χ4n) is 2.00. The second kappa shape index (κ2) is 5.80. The molecule has 0 amide bonds. The maximum atomic E-state index is 13.4. The molecule has 1 heterocycles. The summed E-state index contributed by atoms with van der Waals surface area (Å²) < 4.78 is 18.7. The van der Waals surface area contributed by atoms with E-state index < -0.39 is 5.82 Å². The van der Waals surface area contributed by atoms with E-state index in [0.29, 0.717) is 11.8 Å². The average Bonchev–Trinajstić information content (AvgIpc) is 2.80. The molecule has 1 aromatic carbocycles. The Morgan fingerprint density at radius 3 is 2.83 bits per heavy atom. The fraction of sp³-hybridized carbons (Fsp3) is 0.400. The van der Waals surface area contributed by atoms with Crippen molar-refractivity contribution in [3.63, 3.8) is 0 Å². The summed E-state index contributed by atoms with van der Waals surface area (Å²) in [5.74, 6) is -0.189. The molecule has 0 fully saturated rings. The Kier molecular flexibility index (Phi) is 4.13. The van der Waals surface area contributed by atoms with Gasteiger partial charge < -0.3 is 4.42 Å². The average molecular weight is 248 g/mol. The highest BCUT2D eigenvalue weighted by Gasteiger charge is 2.13. The molecule has 2 aromatic rings. The Hall–Kier alpha value is -1.64. The normalized spacial score (nSPS) is 11.0. The van der Waals surface area contributed by atoms with Crippen LogP contribution in [0, 0.1) is 5.82 Å². The summed E-state index contributed by atoms with van der Waals surface area (Å²) in [6, 6.07) is 6.32. The Morgan fingerprint density at radius 2 is 2.11 bits per heavy atom. The lowest BCUT2D eigenvalue weighted by atomic mass is 10.1. The summed E-state index contributed by atoms with van der Waals surface area (Å²) in [5, 5.41) is 0.645. The van der Waals surface area contributed by atoms with E-state index in [1.54, 1.807) is 18.2 Å². The predicted molar refractivity (Wildman–Crippen MR) is 69.3 cm³/mol. The number of carbonyl (C=O) groups is 1. The second-order valence-corrected chi connectivity index (χ2v) is 4.50. The third-order valence-corrected chi connectivity index (χ3v) is 3.03. The molecule has 2 nitrogen and oxygen atoms in total. The molecule has 0 saturated heterocycles. The molecular weight excluding hydrogens is 231 g/mol. The van der Waals surface area contributed by atoms with Crippen molar-refractivity contribution >= 4 is 16.8 Å². The molecule has 0 radical (unpaired) electrons. The molecule has 0 unspecified atom stereocenters. The van der Waals surface area contributed by atoms with Gasteiger partial charge in [-0.25, -0.2) is 4.39 Å². The van der Waals surface area contributed by atoms with Crippen LogP contribution in [0.4, 0.5) is 4.39 Å². The lowest BCUT2D eigenvalue weighted by molar-refractivity contribution is 0.0954. The highest BCUT2D eigenvalue weighted by Crippen LogP contribution is 2.23. The zero-order chi connectivity index (χ0) is 13.0. The van der Waals surface area contributed by atoms with Gasteiger partial charge in [0.15, 0.2) is 22.9 Å². The molecular formula is C15H17FO2. The number of halogens is 1. The number of fused-ring (bicyclic) bond motifs is 1. The smallest absolute Gasteiger partial charge is 0.198 e. The lowest BCUT2D eigenvalue weighted by Crippen LogP contribution is -1.96. The number of para-hydroxylation sites is 1. The van der Waals surface area contributed by atoms with E-state index in [1.165, 1.54) is 6.07 Å². The van der Waals surface area contributed by atoms with Crippen molar-refractivity contribution in [2.24, 2.45) is 0 Å². The molecule has 18 heavy (non-hydrogen) atoms. The van der Waals surface area contributed by atoms with E-state index in [1.807, 2.05) is 0 Å². The maximum absolute atomic E-state index is 13.4. The predicted octanol–water partition coefficient (Wildman–Crippen LogP) is 4.73. The summed E-state index contributed by atoms with van der Waals surface area (Å²) in [6.07, 6.45) is 4.68. The van der Waals surface area contributed by atoms with Crippen molar-refractivity contribution in [2.75, 3.05) is 0 Å².